The van der Waals surface area contributed by atoms with E-state index in [2.05, 4.69) is 26.0 Å². The number of hydrogen-bond acceptors (Lipinski definition) is 5. The van der Waals surface area contributed by atoms with Gasteiger partial charge in [-0.2, -0.15) is 0 Å². The van der Waals surface area contributed by atoms with Gasteiger partial charge >= 0.3 is 6.09 Å². The van der Waals surface area contributed by atoms with E-state index in [4.69, 9.17) is 0 Å². The summed E-state index contributed by atoms with van der Waals surface area (Å²) < 4.78 is 18.8. The van der Waals surface area contributed by atoms with Crippen LogP contribution in [0.2, 0.25) is 0 Å². The van der Waals surface area contributed by atoms with E-state index in [0.29, 0.717) is 11.0 Å². The number of imide groups is 1. The van der Waals surface area contributed by atoms with E-state index >= 15 is 0 Å². The number of rotatable bonds is 7. The molecular weight excluding hydrogens is 385 g/mol. The topological polar surface area (TPSA) is 87.7 Å². The van der Waals surface area contributed by atoms with Crippen molar-refractivity contribution in [1.82, 2.24) is 10.2 Å². The Balaban J connectivity index is 2.53. The zero-order chi connectivity index (χ0) is 18.1. The standard InChI is InChI=1S/C15H19BrFN3O4/c1-3-20(9-14(22)19-15(23)24-4-2)8-13(21)18-12-6-5-10(16)7-11(12)17/h5-7H,3-4,8-9H2,1-2H3,(H,18,21)(H,19,22,23). The van der Waals surface area contributed by atoms with Crippen LogP contribution in [0.1, 0.15) is 13.8 Å². The lowest BCUT2D eigenvalue weighted by molar-refractivity contribution is -0.122. The quantitative estimate of drug-likeness (QED) is 0.727. The molecule has 1 aromatic rings. The molecule has 2 N–H and O–H groups in total. The Labute approximate surface area is 147 Å². The Bertz CT molecular complexity index is 612. The highest BCUT2D eigenvalue weighted by Crippen LogP contribution is 2.19. The van der Waals surface area contributed by atoms with Crippen molar-refractivity contribution in [2.75, 3.05) is 31.6 Å². The lowest BCUT2D eigenvalue weighted by Gasteiger charge is -2.19. The SMILES string of the molecule is CCOC(=O)NC(=O)CN(CC)CC(=O)Nc1ccc(Br)cc1F. The summed E-state index contributed by atoms with van der Waals surface area (Å²) in [5, 5.41) is 4.48. The summed E-state index contributed by atoms with van der Waals surface area (Å²) in [6, 6.07) is 4.27. The Morgan fingerprint density at radius 1 is 1.21 bits per heavy atom. The van der Waals surface area contributed by atoms with Gasteiger partial charge in [-0.15, -0.1) is 0 Å². The number of hydrogen-bond donors (Lipinski definition) is 2. The predicted molar refractivity (Wildman–Crippen MR) is 90.0 cm³/mol. The van der Waals surface area contributed by atoms with Crippen LogP contribution in [-0.2, 0) is 14.3 Å². The number of nitrogens with zero attached hydrogens (tertiary/aromatic N) is 1. The molecule has 0 heterocycles. The Morgan fingerprint density at radius 2 is 1.88 bits per heavy atom. The van der Waals surface area contributed by atoms with Crippen molar-refractivity contribution in [2.45, 2.75) is 13.8 Å². The van der Waals surface area contributed by atoms with E-state index in [1.54, 1.807) is 19.9 Å². The fraction of sp³-hybridized carbons (Fsp3) is 0.400. The lowest BCUT2D eigenvalue weighted by atomic mass is 10.3. The summed E-state index contributed by atoms with van der Waals surface area (Å²) in [5.41, 5.74) is 0.0511. The molecule has 24 heavy (non-hydrogen) atoms. The van der Waals surface area contributed by atoms with Gasteiger partial charge in [0.15, 0.2) is 0 Å². The number of ether oxygens (including phenoxy) is 1. The average molecular weight is 404 g/mol. The molecule has 1 rings (SSSR count). The maximum absolute atomic E-state index is 13.7. The molecule has 0 saturated carbocycles. The van der Waals surface area contributed by atoms with E-state index in [-0.39, 0.29) is 25.4 Å². The summed E-state index contributed by atoms with van der Waals surface area (Å²) >= 11 is 3.13. The van der Waals surface area contributed by atoms with Crippen LogP contribution in [0, 0.1) is 5.82 Å². The normalized spacial score (nSPS) is 10.4. The van der Waals surface area contributed by atoms with Crippen LogP contribution in [0.5, 0.6) is 0 Å². The van der Waals surface area contributed by atoms with Gasteiger partial charge in [0.05, 0.1) is 25.4 Å². The number of carbonyl (C=O) groups excluding carboxylic acids is 3. The average Bonchev–Trinajstić information content (AvgIpc) is 2.49. The van der Waals surface area contributed by atoms with Gasteiger partial charge in [0.25, 0.3) is 0 Å². The third-order valence-electron chi connectivity index (χ3n) is 2.90. The van der Waals surface area contributed by atoms with Gasteiger partial charge in [0.2, 0.25) is 11.8 Å². The fourth-order valence-electron chi connectivity index (χ4n) is 1.79. The summed E-state index contributed by atoms with van der Waals surface area (Å²) in [4.78, 5) is 36.3. The van der Waals surface area contributed by atoms with Crippen molar-refractivity contribution >= 4 is 39.5 Å². The second-order valence-electron chi connectivity index (χ2n) is 4.74. The van der Waals surface area contributed by atoms with E-state index < -0.39 is 23.7 Å². The first-order valence-corrected chi connectivity index (χ1v) is 8.08. The van der Waals surface area contributed by atoms with Crippen molar-refractivity contribution in [3.05, 3.63) is 28.5 Å². The molecule has 0 aliphatic carbocycles. The molecule has 0 aliphatic heterocycles. The molecule has 132 valence electrons. The first-order chi connectivity index (χ1) is 11.3. The van der Waals surface area contributed by atoms with Crippen molar-refractivity contribution in [3.8, 4) is 0 Å². The number of carbonyl (C=O) groups is 3. The van der Waals surface area contributed by atoms with Crippen molar-refractivity contribution in [1.29, 1.82) is 0 Å². The molecule has 3 amide bonds. The fourth-order valence-corrected chi connectivity index (χ4v) is 2.12. The minimum absolute atomic E-state index is 0.0511. The zero-order valence-electron chi connectivity index (χ0n) is 13.4. The van der Waals surface area contributed by atoms with Crippen molar-refractivity contribution < 1.29 is 23.5 Å². The number of nitrogens with one attached hydrogen (secondary N) is 2. The molecule has 0 saturated heterocycles. The molecule has 0 radical (unpaired) electrons. The molecule has 0 unspecified atom stereocenters. The number of halogens is 2. The Morgan fingerprint density at radius 3 is 2.46 bits per heavy atom. The summed E-state index contributed by atoms with van der Waals surface area (Å²) in [5.74, 6) is -1.62. The highest BCUT2D eigenvalue weighted by Gasteiger charge is 2.16. The van der Waals surface area contributed by atoms with Crippen LogP contribution in [0.25, 0.3) is 0 Å². The number of amides is 3. The van der Waals surface area contributed by atoms with E-state index in [9.17, 15) is 18.8 Å². The molecule has 0 bridgehead atoms. The maximum atomic E-state index is 13.7. The molecule has 0 spiro atoms. The molecule has 7 nitrogen and oxygen atoms in total. The first-order valence-electron chi connectivity index (χ1n) is 7.29. The second kappa shape index (κ2) is 9.99. The summed E-state index contributed by atoms with van der Waals surface area (Å²) in [6.07, 6.45) is -0.833. The van der Waals surface area contributed by atoms with Crippen LogP contribution in [0.3, 0.4) is 0 Å². The smallest absolute Gasteiger partial charge is 0.413 e. The molecule has 0 fully saturated rings. The first kappa shape index (κ1) is 20.0. The van der Waals surface area contributed by atoms with Gasteiger partial charge in [-0.3, -0.25) is 19.8 Å². The molecule has 0 aromatic heterocycles. The van der Waals surface area contributed by atoms with E-state index in [0.717, 1.165) is 0 Å². The van der Waals surface area contributed by atoms with Gasteiger partial charge in [0.1, 0.15) is 5.82 Å². The molecule has 1 aromatic carbocycles. The minimum atomic E-state index is -0.833. The summed E-state index contributed by atoms with van der Waals surface area (Å²) in [7, 11) is 0. The van der Waals surface area contributed by atoms with Crippen molar-refractivity contribution in [2.24, 2.45) is 0 Å². The van der Waals surface area contributed by atoms with Crippen LogP contribution in [-0.4, -0.2) is 49.0 Å². The van der Waals surface area contributed by atoms with Gasteiger partial charge in [-0.1, -0.05) is 22.9 Å². The highest BCUT2D eigenvalue weighted by molar-refractivity contribution is 9.10. The van der Waals surface area contributed by atoms with Crippen molar-refractivity contribution in [3.63, 3.8) is 0 Å². The summed E-state index contributed by atoms with van der Waals surface area (Å²) in [6.45, 7) is 3.64. The molecule has 9 heteroatoms. The maximum Gasteiger partial charge on any atom is 0.413 e. The van der Waals surface area contributed by atoms with Crippen LogP contribution < -0.4 is 10.6 Å². The third-order valence-corrected chi connectivity index (χ3v) is 3.40. The van der Waals surface area contributed by atoms with E-state index in [1.807, 2.05) is 5.32 Å². The number of alkyl carbamates (subject to hydrolysis) is 1. The number of benzene rings is 1. The van der Waals surface area contributed by atoms with Crippen LogP contribution in [0.4, 0.5) is 14.9 Å². The lowest BCUT2D eigenvalue weighted by Crippen LogP contribution is -2.43. The highest BCUT2D eigenvalue weighted by atomic mass is 79.9. The number of likely N-dealkylation sites (N-methyl/N-ethyl adjacent to an activating group) is 1. The minimum Gasteiger partial charge on any atom is -0.450 e. The van der Waals surface area contributed by atoms with Gasteiger partial charge < -0.3 is 10.1 Å². The molecule has 0 aliphatic rings. The Hall–Kier alpha value is -2.00. The van der Waals surface area contributed by atoms with Gasteiger partial charge in [0, 0.05) is 4.47 Å². The monoisotopic (exact) mass is 403 g/mol. The van der Waals surface area contributed by atoms with E-state index in [1.165, 1.54) is 17.0 Å². The predicted octanol–water partition coefficient (Wildman–Crippen LogP) is 2.12. The molecule has 0 atom stereocenters. The molecular formula is C15H19BrFN3O4. The number of anilines is 1. The van der Waals surface area contributed by atoms with Gasteiger partial charge in [-0.25, -0.2) is 9.18 Å². The van der Waals surface area contributed by atoms with Crippen LogP contribution in [0.15, 0.2) is 22.7 Å². The largest absolute Gasteiger partial charge is 0.450 e. The van der Waals surface area contributed by atoms with Crippen LogP contribution >= 0.6 is 15.9 Å². The third kappa shape index (κ3) is 7.05. The van der Waals surface area contributed by atoms with Gasteiger partial charge in [-0.05, 0) is 31.7 Å². The Kier molecular flexibility index (Phi) is 8.34. The second-order valence-corrected chi connectivity index (χ2v) is 5.66. The zero-order valence-corrected chi connectivity index (χ0v) is 15.0.